The predicted octanol–water partition coefficient (Wildman–Crippen LogP) is 3.70. The van der Waals surface area contributed by atoms with Gasteiger partial charge in [-0.1, -0.05) is 6.07 Å². The van der Waals surface area contributed by atoms with E-state index in [-0.39, 0.29) is 18.1 Å². The molecule has 5 aromatic rings. The van der Waals surface area contributed by atoms with Crippen LogP contribution in [0, 0.1) is 12.7 Å². The molecule has 154 valence electrons. The Morgan fingerprint density at radius 2 is 2.10 bits per heavy atom. The van der Waals surface area contributed by atoms with Gasteiger partial charge in [-0.25, -0.2) is 14.4 Å². The van der Waals surface area contributed by atoms with Gasteiger partial charge in [0.1, 0.15) is 22.7 Å². The zero-order chi connectivity index (χ0) is 21.5. The number of halogens is 1. The fourth-order valence-electron chi connectivity index (χ4n) is 3.61. The van der Waals surface area contributed by atoms with E-state index in [1.54, 1.807) is 28.9 Å². The molecular weight excluding hydrogens is 399 g/mol. The van der Waals surface area contributed by atoms with E-state index < -0.39 is 5.91 Å². The van der Waals surface area contributed by atoms with Crippen molar-refractivity contribution in [2.24, 2.45) is 5.73 Å². The predicted molar refractivity (Wildman–Crippen MR) is 113 cm³/mol. The van der Waals surface area contributed by atoms with Crippen LogP contribution in [0.1, 0.15) is 21.7 Å². The molecule has 0 spiro atoms. The van der Waals surface area contributed by atoms with Crippen LogP contribution >= 0.6 is 0 Å². The molecule has 1 aromatic carbocycles. The molecule has 3 N–H and O–H groups in total. The molecule has 8 nitrogen and oxygen atoms in total. The van der Waals surface area contributed by atoms with Crippen molar-refractivity contribution >= 4 is 28.5 Å². The first-order chi connectivity index (χ1) is 15.0. The molecule has 0 unspecified atom stereocenters. The van der Waals surface area contributed by atoms with Crippen LogP contribution in [0.2, 0.25) is 0 Å². The number of furan rings is 1. The highest BCUT2D eigenvalue weighted by atomic mass is 19.1. The number of nitrogens with one attached hydrogen (secondary N) is 1. The molecule has 4 aromatic heterocycles. The van der Waals surface area contributed by atoms with Gasteiger partial charge in [-0.3, -0.25) is 14.2 Å². The Morgan fingerprint density at radius 1 is 1.23 bits per heavy atom. The van der Waals surface area contributed by atoms with Gasteiger partial charge in [0, 0.05) is 52.9 Å². The van der Waals surface area contributed by atoms with E-state index in [9.17, 15) is 9.18 Å². The van der Waals surface area contributed by atoms with Gasteiger partial charge in [0.25, 0.3) is 5.91 Å². The number of pyridine rings is 1. The second kappa shape index (κ2) is 7.21. The van der Waals surface area contributed by atoms with Crippen molar-refractivity contribution in [3.05, 3.63) is 78.0 Å². The summed E-state index contributed by atoms with van der Waals surface area (Å²) >= 11 is 0. The van der Waals surface area contributed by atoms with Gasteiger partial charge < -0.3 is 15.5 Å². The molecule has 0 fully saturated rings. The van der Waals surface area contributed by atoms with Gasteiger partial charge in [0.05, 0.1) is 6.26 Å². The number of anilines is 1. The minimum Gasteiger partial charge on any atom is -0.464 e. The van der Waals surface area contributed by atoms with Gasteiger partial charge in [-0.15, -0.1) is 0 Å². The van der Waals surface area contributed by atoms with Crippen molar-refractivity contribution in [3.8, 4) is 11.1 Å². The largest absolute Gasteiger partial charge is 0.464 e. The molecule has 0 radical (unpaired) electrons. The third kappa shape index (κ3) is 3.16. The van der Waals surface area contributed by atoms with Crippen LogP contribution in [0.3, 0.4) is 0 Å². The molecule has 0 saturated carbocycles. The third-order valence-electron chi connectivity index (χ3n) is 5.15. The van der Waals surface area contributed by atoms with E-state index in [0.29, 0.717) is 33.7 Å². The number of primary amides is 1. The summed E-state index contributed by atoms with van der Waals surface area (Å²) in [6.07, 6.45) is 6.38. The Hall–Kier alpha value is -4.27. The lowest BCUT2D eigenvalue weighted by molar-refractivity contribution is 0.0996. The Kier molecular flexibility index (Phi) is 4.36. The molecule has 1 amide bonds. The maximum Gasteiger partial charge on any atom is 0.268 e. The van der Waals surface area contributed by atoms with E-state index in [1.807, 2.05) is 19.1 Å². The summed E-state index contributed by atoms with van der Waals surface area (Å²) < 4.78 is 21.5. The number of carbonyl (C=O) groups is 1. The summed E-state index contributed by atoms with van der Waals surface area (Å²) in [6.45, 7) is 2.03. The van der Waals surface area contributed by atoms with Gasteiger partial charge >= 0.3 is 0 Å². The number of amides is 1. The van der Waals surface area contributed by atoms with Crippen LogP contribution in [0.15, 0.2) is 59.6 Å². The summed E-state index contributed by atoms with van der Waals surface area (Å²) in [6, 6.07) is 8.39. The van der Waals surface area contributed by atoms with Gasteiger partial charge in [0.15, 0.2) is 0 Å². The second-order valence-electron chi connectivity index (χ2n) is 7.03. The van der Waals surface area contributed by atoms with Crippen LogP contribution in [-0.4, -0.2) is 25.3 Å². The summed E-state index contributed by atoms with van der Waals surface area (Å²) in [4.78, 5) is 25.0. The van der Waals surface area contributed by atoms with E-state index >= 15 is 0 Å². The highest BCUT2D eigenvalue weighted by Gasteiger charge is 2.17. The first kappa shape index (κ1) is 18.7. The zero-order valence-corrected chi connectivity index (χ0v) is 16.5. The summed E-state index contributed by atoms with van der Waals surface area (Å²) in [5.74, 6) is -0.624. The Bertz CT molecular complexity index is 1460. The third-order valence-corrected chi connectivity index (χ3v) is 5.15. The standard InChI is InChI=1S/C22H17FN6O2/c1-12-13(3-2-7-25-12)16-10-27-22(29-11-18(20(24)30)28-21(16)29)26-9-15-14-6-8-31-19(14)5-4-17(15)23/h2-8,10-11H,9H2,1H3,(H2,24,30)(H,26,27). The van der Waals surface area contributed by atoms with E-state index in [4.69, 9.17) is 10.2 Å². The first-order valence-electron chi connectivity index (χ1n) is 9.51. The van der Waals surface area contributed by atoms with Gasteiger partial charge in [-0.2, -0.15) is 0 Å². The molecule has 9 heteroatoms. The van der Waals surface area contributed by atoms with Crippen LogP contribution in [0.4, 0.5) is 10.3 Å². The summed E-state index contributed by atoms with van der Waals surface area (Å²) in [5, 5.41) is 3.81. The smallest absolute Gasteiger partial charge is 0.268 e. The van der Waals surface area contributed by atoms with Crippen molar-refractivity contribution in [1.29, 1.82) is 0 Å². The number of carbonyl (C=O) groups excluding carboxylic acids is 1. The molecular formula is C22H17FN6O2. The van der Waals surface area contributed by atoms with Crippen molar-refractivity contribution in [2.75, 3.05) is 5.32 Å². The minimum absolute atomic E-state index is 0.0990. The first-order valence-corrected chi connectivity index (χ1v) is 9.51. The summed E-state index contributed by atoms with van der Waals surface area (Å²) in [7, 11) is 0. The normalized spacial score (nSPS) is 11.3. The Balaban J connectivity index is 1.60. The van der Waals surface area contributed by atoms with Gasteiger partial charge in [-0.05, 0) is 31.2 Å². The Labute approximate surface area is 175 Å². The van der Waals surface area contributed by atoms with Crippen LogP contribution < -0.4 is 11.1 Å². The number of nitrogens with zero attached hydrogens (tertiary/aromatic N) is 4. The fraction of sp³-hybridized carbons (Fsp3) is 0.0909. The lowest BCUT2D eigenvalue weighted by Crippen LogP contribution is -2.11. The van der Waals surface area contributed by atoms with E-state index in [1.165, 1.54) is 18.5 Å². The lowest BCUT2D eigenvalue weighted by Gasteiger charge is -2.12. The molecule has 4 heterocycles. The number of rotatable bonds is 5. The number of imidazole rings is 1. The average Bonchev–Trinajstić information content (AvgIpc) is 3.41. The molecule has 5 rings (SSSR count). The average molecular weight is 416 g/mol. The number of nitrogens with two attached hydrogens (primary N) is 1. The molecule has 0 aliphatic carbocycles. The molecule has 0 aliphatic heterocycles. The number of hydrogen-bond acceptors (Lipinski definition) is 6. The van der Waals surface area contributed by atoms with Crippen LogP contribution in [0.5, 0.6) is 0 Å². The van der Waals surface area contributed by atoms with Crippen molar-refractivity contribution in [1.82, 2.24) is 19.4 Å². The number of hydrogen-bond donors (Lipinski definition) is 2. The number of aromatic nitrogens is 4. The number of fused-ring (bicyclic) bond motifs is 2. The zero-order valence-electron chi connectivity index (χ0n) is 16.5. The maximum absolute atomic E-state index is 14.5. The fourth-order valence-corrected chi connectivity index (χ4v) is 3.61. The topological polar surface area (TPSA) is 111 Å². The minimum atomic E-state index is -0.655. The monoisotopic (exact) mass is 416 g/mol. The van der Waals surface area contributed by atoms with Crippen LogP contribution in [0.25, 0.3) is 27.7 Å². The van der Waals surface area contributed by atoms with E-state index in [2.05, 4.69) is 20.3 Å². The number of aryl methyl sites for hydroxylation is 1. The highest BCUT2D eigenvalue weighted by molar-refractivity contribution is 5.93. The highest BCUT2D eigenvalue weighted by Crippen LogP contribution is 2.28. The molecule has 31 heavy (non-hydrogen) atoms. The number of benzene rings is 1. The maximum atomic E-state index is 14.5. The quantitative estimate of drug-likeness (QED) is 0.452. The molecule has 0 saturated heterocycles. The van der Waals surface area contributed by atoms with Crippen molar-refractivity contribution in [3.63, 3.8) is 0 Å². The van der Waals surface area contributed by atoms with Crippen molar-refractivity contribution in [2.45, 2.75) is 13.5 Å². The van der Waals surface area contributed by atoms with Gasteiger partial charge in [0.2, 0.25) is 5.95 Å². The SMILES string of the molecule is Cc1ncccc1-c1cnc(NCc2c(F)ccc3occc23)n2cc(C(N)=O)nc12. The van der Waals surface area contributed by atoms with Crippen molar-refractivity contribution < 1.29 is 13.6 Å². The molecule has 0 aliphatic rings. The lowest BCUT2D eigenvalue weighted by atomic mass is 10.1. The van der Waals surface area contributed by atoms with Crippen LogP contribution in [-0.2, 0) is 6.54 Å². The molecule has 0 atom stereocenters. The Morgan fingerprint density at radius 3 is 2.90 bits per heavy atom. The summed E-state index contributed by atoms with van der Waals surface area (Å²) in [5.41, 5.74) is 9.42. The molecule has 0 bridgehead atoms. The second-order valence-corrected chi connectivity index (χ2v) is 7.03. The van der Waals surface area contributed by atoms with E-state index in [0.717, 1.165) is 11.3 Å².